The van der Waals surface area contributed by atoms with E-state index in [4.69, 9.17) is 0 Å². The van der Waals surface area contributed by atoms with Crippen LogP contribution in [0, 0.1) is 5.92 Å². The Morgan fingerprint density at radius 1 is 1.50 bits per heavy atom. The van der Waals surface area contributed by atoms with E-state index in [0.717, 1.165) is 5.92 Å². The molecule has 10 heavy (non-hydrogen) atoms. The molecule has 0 amide bonds. The fourth-order valence-corrected chi connectivity index (χ4v) is 0.728. The highest BCUT2D eigenvalue weighted by Crippen LogP contribution is 2.06. The molecule has 0 aliphatic rings. The van der Waals surface area contributed by atoms with Crippen molar-refractivity contribution in [3.63, 3.8) is 0 Å². The Balaban J connectivity index is 3.43. The molecule has 0 bridgehead atoms. The summed E-state index contributed by atoms with van der Waals surface area (Å²) in [4.78, 5) is 0. The lowest BCUT2D eigenvalue weighted by Crippen LogP contribution is -1.84. The largest absolute Gasteiger partial charge is 0.0988 e. The summed E-state index contributed by atoms with van der Waals surface area (Å²) in [5.74, 6) is 0.814. The summed E-state index contributed by atoms with van der Waals surface area (Å²) in [7, 11) is 0. The van der Waals surface area contributed by atoms with Gasteiger partial charge in [-0.15, -0.1) is 0 Å². The van der Waals surface area contributed by atoms with E-state index in [-0.39, 0.29) is 0 Å². The normalized spacial score (nSPS) is 12.2. The molecule has 0 aromatic rings. The first kappa shape index (κ1) is 9.48. The molecular formula is C10H18. The molecule has 0 heteroatoms. The Labute approximate surface area is 64.6 Å². The Morgan fingerprint density at radius 3 is 2.50 bits per heavy atom. The van der Waals surface area contributed by atoms with E-state index in [1.165, 1.54) is 18.4 Å². The van der Waals surface area contributed by atoms with Gasteiger partial charge in [-0.25, -0.2) is 0 Å². The first-order valence-electron chi connectivity index (χ1n) is 3.96. The van der Waals surface area contributed by atoms with E-state index in [9.17, 15) is 0 Å². The molecule has 0 aromatic carbocycles. The fourth-order valence-electron chi connectivity index (χ4n) is 0.728. The maximum absolute atomic E-state index is 3.69. The minimum absolute atomic E-state index is 0.814. The predicted molar refractivity (Wildman–Crippen MR) is 48.0 cm³/mol. The van der Waals surface area contributed by atoms with Crippen LogP contribution in [0.2, 0.25) is 0 Å². The van der Waals surface area contributed by atoms with E-state index in [1.54, 1.807) is 0 Å². The number of hydrogen-bond acceptors (Lipinski definition) is 0. The van der Waals surface area contributed by atoms with Crippen LogP contribution in [0.3, 0.4) is 0 Å². The highest BCUT2D eigenvalue weighted by atomic mass is 14.0. The fraction of sp³-hybridized carbons (Fsp3) is 0.600. The molecule has 0 fully saturated rings. The van der Waals surface area contributed by atoms with Crippen molar-refractivity contribution in [3.05, 3.63) is 24.3 Å². The number of hydrogen-bond donors (Lipinski definition) is 0. The first-order chi connectivity index (χ1) is 4.66. The third-order valence-corrected chi connectivity index (χ3v) is 1.53. The summed E-state index contributed by atoms with van der Waals surface area (Å²) < 4.78 is 0. The van der Waals surface area contributed by atoms with E-state index >= 15 is 0 Å². The van der Waals surface area contributed by atoms with Crippen LogP contribution in [-0.4, -0.2) is 0 Å². The minimum atomic E-state index is 0.814. The Morgan fingerprint density at radius 2 is 2.10 bits per heavy atom. The molecule has 0 unspecified atom stereocenters. The van der Waals surface area contributed by atoms with Gasteiger partial charge in [-0.3, -0.25) is 0 Å². The average Bonchev–Trinajstić information content (AvgIpc) is 1.87. The van der Waals surface area contributed by atoms with Gasteiger partial charge in [0.15, 0.2) is 0 Å². The van der Waals surface area contributed by atoms with Crippen molar-refractivity contribution < 1.29 is 0 Å². The smallest absolute Gasteiger partial charge is 0.0343 e. The lowest BCUT2D eigenvalue weighted by molar-refractivity contribution is 0.593. The third-order valence-electron chi connectivity index (χ3n) is 1.53. The average molecular weight is 138 g/mol. The Bertz CT molecular complexity index is 118. The molecule has 0 rings (SSSR count). The van der Waals surface area contributed by atoms with Gasteiger partial charge >= 0.3 is 0 Å². The van der Waals surface area contributed by atoms with Gasteiger partial charge in [0, 0.05) is 0 Å². The zero-order chi connectivity index (χ0) is 7.98. The van der Waals surface area contributed by atoms with Gasteiger partial charge in [0.1, 0.15) is 0 Å². The van der Waals surface area contributed by atoms with Crippen LogP contribution in [-0.2, 0) is 0 Å². The number of allylic oxidation sites excluding steroid dienone is 3. The summed E-state index contributed by atoms with van der Waals surface area (Å²) in [5, 5.41) is 0. The second-order valence-corrected chi connectivity index (χ2v) is 3.12. The van der Waals surface area contributed by atoms with E-state index in [1.807, 2.05) is 6.08 Å². The highest BCUT2D eigenvalue weighted by molar-refractivity contribution is 5.12. The lowest BCUT2D eigenvalue weighted by Gasteiger charge is -1.99. The summed E-state index contributed by atoms with van der Waals surface area (Å²) >= 11 is 0. The highest BCUT2D eigenvalue weighted by Gasteiger charge is 1.89. The zero-order valence-electron chi connectivity index (χ0n) is 7.35. The maximum Gasteiger partial charge on any atom is -0.0343 e. The van der Waals surface area contributed by atoms with Crippen molar-refractivity contribution in [2.75, 3.05) is 0 Å². The van der Waals surface area contributed by atoms with Crippen molar-refractivity contribution in [3.8, 4) is 0 Å². The minimum Gasteiger partial charge on any atom is -0.0988 e. The van der Waals surface area contributed by atoms with Gasteiger partial charge < -0.3 is 0 Å². The van der Waals surface area contributed by atoms with Crippen molar-refractivity contribution in [1.82, 2.24) is 0 Å². The molecule has 0 saturated carbocycles. The summed E-state index contributed by atoms with van der Waals surface area (Å²) in [6.07, 6.45) is 6.62. The molecule has 0 aliphatic carbocycles. The maximum atomic E-state index is 3.69. The van der Waals surface area contributed by atoms with Gasteiger partial charge in [-0.2, -0.15) is 0 Å². The second kappa shape index (κ2) is 5.28. The second-order valence-electron chi connectivity index (χ2n) is 3.12. The van der Waals surface area contributed by atoms with Crippen LogP contribution in [0.25, 0.3) is 0 Å². The molecular weight excluding hydrogens is 120 g/mol. The summed E-state index contributed by atoms with van der Waals surface area (Å²) in [6, 6.07) is 0. The zero-order valence-corrected chi connectivity index (χ0v) is 7.35. The van der Waals surface area contributed by atoms with E-state index in [0.29, 0.717) is 0 Å². The lowest BCUT2D eigenvalue weighted by atomic mass is 10.1. The molecule has 0 heterocycles. The molecule has 0 N–H and O–H groups in total. The molecule has 0 spiro atoms. The topological polar surface area (TPSA) is 0 Å². The quantitative estimate of drug-likeness (QED) is 0.521. The van der Waals surface area contributed by atoms with Gasteiger partial charge in [-0.05, 0) is 25.7 Å². The van der Waals surface area contributed by atoms with Gasteiger partial charge in [0.25, 0.3) is 0 Å². The third kappa shape index (κ3) is 5.61. The molecule has 0 nitrogen and oxygen atoms in total. The van der Waals surface area contributed by atoms with E-state index < -0.39 is 0 Å². The van der Waals surface area contributed by atoms with Gasteiger partial charge in [-0.1, -0.05) is 38.2 Å². The molecule has 0 saturated heterocycles. The van der Waals surface area contributed by atoms with Gasteiger partial charge in [0.05, 0.1) is 0 Å². The van der Waals surface area contributed by atoms with Crippen molar-refractivity contribution in [1.29, 1.82) is 0 Å². The Kier molecular flexibility index (Phi) is 5.00. The standard InChI is InChI=1S/C10H18/c1-5-10(4)8-6-7-9(2)3/h5,8-9H,1,6-7H2,2-4H3. The Hall–Kier alpha value is -0.520. The molecule has 0 aromatic heterocycles. The SMILES string of the molecule is C=CC(C)=CCCC(C)C. The monoisotopic (exact) mass is 138 g/mol. The van der Waals surface area contributed by atoms with Crippen molar-refractivity contribution in [2.24, 2.45) is 5.92 Å². The van der Waals surface area contributed by atoms with Crippen LogP contribution in [0.1, 0.15) is 33.6 Å². The molecule has 0 atom stereocenters. The summed E-state index contributed by atoms with van der Waals surface area (Å²) in [5.41, 5.74) is 1.29. The van der Waals surface area contributed by atoms with Crippen LogP contribution in [0.5, 0.6) is 0 Å². The van der Waals surface area contributed by atoms with Crippen molar-refractivity contribution >= 4 is 0 Å². The number of rotatable bonds is 4. The summed E-state index contributed by atoms with van der Waals surface area (Å²) in [6.45, 7) is 10.3. The molecule has 0 aliphatic heterocycles. The van der Waals surface area contributed by atoms with Crippen LogP contribution < -0.4 is 0 Å². The van der Waals surface area contributed by atoms with Crippen molar-refractivity contribution in [2.45, 2.75) is 33.6 Å². The van der Waals surface area contributed by atoms with Crippen LogP contribution in [0.4, 0.5) is 0 Å². The molecule has 58 valence electrons. The van der Waals surface area contributed by atoms with Crippen LogP contribution in [0.15, 0.2) is 24.3 Å². The first-order valence-corrected chi connectivity index (χ1v) is 3.96. The van der Waals surface area contributed by atoms with Gasteiger partial charge in [0.2, 0.25) is 0 Å². The molecule has 0 radical (unpaired) electrons. The predicted octanol–water partition coefficient (Wildman–Crippen LogP) is 3.55. The van der Waals surface area contributed by atoms with Crippen LogP contribution >= 0.6 is 0 Å². The van der Waals surface area contributed by atoms with E-state index in [2.05, 4.69) is 33.4 Å².